The molecular formula is C13H9Cl2N3S. The first-order chi connectivity index (χ1) is 9.22. The summed E-state index contributed by atoms with van der Waals surface area (Å²) in [5, 5.41) is 1.91. The van der Waals surface area contributed by atoms with E-state index in [9.17, 15) is 0 Å². The Labute approximate surface area is 124 Å². The fraction of sp³-hybridized carbons (Fsp3) is 0.0769. The first-order valence-corrected chi connectivity index (χ1v) is 7.35. The van der Waals surface area contributed by atoms with Crippen LogP contribution >= 0.6 is 35.0 Å². The second kappa shape index (κ2) is 5.41. The van der Waals surface area contributed by atoms with Gasteiger partial charge in [-0.25, -0.2) is 9.97 Å². The van der Waals surface area contributed by atoms with Gasteiger partial charge >= 0.3 is 0 Å². The summed E-state index contributed by atoms with van der Waals surface area (Å²) in [5.41, 5.74) is 2.74. The number of pyridine rings is 1. The molecule has 1 N–H and O–H groups in total. The lowest BCUT2D eigenvalue weighted by molar-refractivity contribution is 1.07. The average Bonchev–Trinajstić information content (AvgIpc) is 2.82. The number of aromatic nitrogens is 3. The van der Waals surface area contributed by atoms with Crippen molar-refractivity contribution in [2.24, 2.45) is 0 Å². The highest BCUT2D eigenvalue weighted by molar-refractivity contribution is 7.98. The van der Waals surface area contributed by atoms with E-state index in [0.29, 0.717) is 15.9 Å². The number of para-hydroxylation sites is 2. The zero-order chi connectivity index (χ0) is 13.2. The van der Waals surface area contributed by atoms with Crippen LogP contribution in [0.5, 0.6) is 0 Å². The third kappa shape index (κ3) is 2.86. The molecule has 96 valence electrons. The van der Waals surface area contributed by atoms with Crippen molar-refractivity contribution >= 4 is 46.0 Å². The van der Waals surface area contributed by atoms with Crippen molar-refractivity contribution in [3.8, 4) is 0 Å². The highest BCUT2D eigenvalue weighted by atomic mass is 35.5. The van der Waals surface area contributed by atoms with Gasteiger partial charge in [-0.3, -0.25) is 0 Å². The van der Waals surface area contributed by atoms with E-state index in [1.165, 1.54) is 0 Å². The summed E-state index contributed by atoms with van der Waals surface area (Å²) in [6.07, 6.45) is 0. The third-order valence-corrected chi connectivity index (χ3v) is 4.04. The second-order valence-electron chi connectivity index (χ2n) is 3.91. The molecule has 19 heavy (non-hydrogen) atoms. The molecule has 0 fully saturated rings. The van der Waals surface area contributed by atoms with Crippen molar-refractivity contribution in [3.05, 3.63) is 52.3 Å². The number of halogens is 2. The number of hydrogen-bond donors (Lipinski definition) is 1. The molecule has 0 aliphatic carbocycles. The van der Waals surface area contributed by atoms with E-state index in [-0.39, 0.29) is 0 Å². The minimum absolute atomic E-state index is 0.449. The van der Waals surface area contributed by atoms with Crippen LogP contribution in [-0.4, -0.2) is 15.0 Å². The SMILES string of the molecule is Clc1ccc(Cl)c(CSc2nc3ccccc3[nH]2)n1. The predicted molar refractivity (Wildman–Crippen MR) is 79.9 cm³/mol. The lowest BCUT2D eigenvalue weighted by Gasteiger charge is -2.01. The lowest BCUT2D eigenvalue weighted by Crippen LogP contribution is -1.89. The zero-order valence-corrected chi connectivity index (χ0v) is 12.1. The van der Waals surface area contributed by atoms with Gasteiger partial charge in [0.1, 0.15) is 5.15 Å². The number of fused-ring (bicyclic) bond motifs is 1. The Morgan fingerprint density at radius 2 is 1.89 bits per heavy atom. The van der Waals surface area contributed by atoms with Crippen molar-refractivity contribution in [3.63, 3.8) is 0 Å². The van der Waals surface area contributed by atoms with E-state index in [0.717, 1.165) is 21.9 Å². The molecule has 3 nitrogen and oxygen atoms in total. The molecule has 0 unspecified atom stereocenters. The van der Waals surface area contributed by atoms with Crippen molar-refractivity contribution in [1.29, 1.82) is 0 Å². The normalized spacial score (nSPS) is 11.1. The van der Waals surface area contributed by atoms with Gasteiger partial charge in [-0.15, -0.1) is 0 Å². The predicted octanol–water partition coefficient (Wildman–Crippen LogP) is 4.56. The fourth-order valence-electron chi connectivity index (χ4n) is 1.69. The van der Waals surface area contributed by atoms with Crippen LogP contribution < -0.4 is 0 Å². The summed E-state index contributed by atoms with van der Waals surface area (Å²) < 4.78 is 0. The van der Waals surface area contributed by atoms with Crippen LogP contribution in [0.1, 0.15) is 5.69 Å². The topological polar surface area (TPSA) is 41.6 Å². The summed E-state index contributed by atoms with van der Waals surface area (Å²) >= 11 is 13.5. The van der Waals surface area contributed by atoms with Gasteiger partial charge in [0.05, 0.1) is 21.7 Å². The van der Waals surface area contributed by atoms with Crippen molar-refractivity contribution in [2.75, 3.05) is 0 Å². The van der Waals surface area contributed by atoms with Crippen LogP contribution in [0.25, 0.3) is 11.0 Å². The number of imidazole rings is 1. The monoisotopic (exact) mass is 309 g/mol. The van der Waals surface area contributed by atoms with E-state index < -0.39 is 0 Å². The maximum Gasteiger partial charge on any atom is 0.166 e. The van der Waals surface area contributed by atoms with E-state index in [1.54, 1.807) is 23.9 Å². The van der Waals surface area contributed by atoms with E-state index in [2.05, 4.69) is 15.0 Å². The molecule has 0 atom stereocenters. The molecular weight excluding hydrogens is 301 g/mol. The average molecular weight is 310 g/mol. The van der Waals surface area contributed by atoms with Gasteiger partial charge in [0.2, 0.25) is 0 Å². The van der Waals surface area contributed by atoms with Crippen LogP contribution in [-0.2, 0) is 5.75 Å². The van der Waals surface area contributed by atoms with Gasteiger partial charge in [-0.1, -0.05) is 47.1 Å². The number of nitrogens with one attached hydrogen (secondary N) is 1. The highest BCUT2D eigenvalue weighted by Crippen LogP contribution is 2.26. The molecule has 0 bridgehead atoms. The second-order valence-corrected chi connectivity index (χ2v) is 5.67. The van der Waals surface area contributed by atoms with Gasteiger partial charge in [0.15, 0.2) is 5.16 Å². The largest absolute Gasteiger partial charge is 0.333 e. The lowest BCUT2D eigenvalue weighted by atomic mass is 10.3. The van der Waals surface area contributed by atoms with Crippen LogP contribution in [0.2, 0.25) is 10.2 Å². The Morgan fingerprint density at radius 3 is 2.74 bits per heavy atom. The van der Waals surface area contributed by atoms with Crippen LogP contribution in [0.3, 0.4) is 0 Å². The minimum Gasteiger partial charge on any atom is -0.333 e. The van der Waals surface area contributed by atoms with Gasteiger partial charge in [0.25, 0.3) is 0 Å². The molecule has 3 aromatic rings. The summed E-state index contributed by atoms with van der Waals surface area (Å²) in [6, 6.07) is 11.3. The molecule has 0 saturated heterocycles. The molecule has 1 aromatic carbocycles. The molecule has 0 spiro atoms. The number of nitrogens with zero attached hydrogens (tertiary/aromatic N) is 2. The van der Waals surface area contributed by atoms with Gasteiger partial charge in [0, 0.05) is 5.75 Å². The maximum absolute atomic E-state index is 6.08. The van der Waals surface area contributed by atoms with E-state index >= 15 is 0 Å². The molecule has 0 amide bonds. The molecule has 6 heteroatoms. The summed E-state index contributed by atoms with van der Waals surface area (Å²) in [6.45, 7) is 0. The maximum atomic E-state index is 6.08. The van der Waals surface area contributed by atoms with Crippen LogP contribution in [0.4, 0.5) is 0 Å². The highest BCUT2D eigenvalue weighted by Gasteiger charge is 2.07. The number of thioether (sulfide) groups is 1. The van der Waals surface area contributed by atoms with Gasteiger partial charge in [-0.2, -0.15) is 0 Å². The quantitative estimate of drug-likeness (QED) is 0.569. The molecule has 0 saturated carbocycles. The van der Waals surface area contributed by atoms with Crippen molar-refractivity contribution in [1.82, 2.24) is 15.0 Å². The number of H-pyrrole nitrogens is 1. The molecule has 0 aliphatic heterocycles. The summed E-state index contributed by atoms with van der Waals surface area (Å²) in [4.78, 5) is 11.9. The number of rotatable bonds is 3. The first kappa shape index (κ1) is 12.8. The number of benzene rings is 1. The molecule has 3 rings (SSSR count). The van der Waals surface area contributed by atoms with Gasteiger partial charge < -0.3 is 4.98 Å². The minimum atomic E-state index is 0.449. The van der Waals surface area contributed by atoms with Crippen LogP contribution in [0.15, 0.2) is 41.6 Å². The van der Waals surface area contributed by atoms with E-state index in [4.69, 9.17) is 23.2 Å². The number of aromatic amines is 1. The number of hydrogen-bond acceptors (Lipinski definition) is 3. The molecule has 0 radical (unpaired) electrons. The summed E-state index contributed by atoms with van der Waals surface area (Å²) in [7, 11) is 0. The van der Waals surface area contributed by atoms with Crippen LogP contribution in [0, 0.1) is 0 Å². The van der Waals surface area contributed by atoms with Crippen molar-refractivity contribution in [2.45, 2.75) is 10.9 Å². The van der Waals surface area contributed by atoms with Gasteiger partial charge in [-0.05, 0) is 24.3 Å². The fourth-order valence-corrected chi connectivity index (χ4v) is 2.95. The first-order valence-electron chi connectivity index (χ1n) is 5.61. The Balaban J connectivity index is 1.80. The molecule has 2 heterocycles. The third-order valence-electron chi connectivity index (χ3n) is 2.60. The van der Waals surface area contributed by atoms with E-state index in [1.807, 2.05) is 24.3 Å². The standard InChI is InChI=1S/C13H9Cl2N3S/c14-8-5-6-12(15)16-11(8)7-19-13-17-9-3-1-2-4-10(9)18-13/h1-6H,7H2,(H,17,18). The Bertz CT molecular complexity index is 694. The molecule has 0 aliphatic rings. The zero-order valence-electron chi connectivity index (χ0n) is 9.73. The van der Waals surface area contributed by atoms with Crippen molar-refractivity contribution < 1.29 is 0 Å². The Morgan fingerprint density at radius 1 is 1.05 bits per heavy atom. The molecule has 2 aromatic heterocycles. The Hall–Kier alpha value is -1.23. The smallest absolute Gasteiger partial charge is 0.166 e. The Kier molecular flexibility index (Phi) is 3.64. The summed E-state index contributed by atoms with van der Waals surface area (Å²) in [5.74, 6) is 0.624.